The van der Waals surface area contributed by atoms with Gasteiger partial charge >= 0.3 is 5.97 Å². The fraction of sp³-hybridized carbons (Fsp3) is 0.263. The fourth-order valence-corrected chi connectivity index (χ4v) is 3.28. The van der Waals surface area contributed by atoms with E-state index in [1.54, 1.807) is 11.8 Å². The normalized spacial score (nSPS) is 10.4. The number of carboxylic acid groups (broad SMARTS) is 1. The van der Waals surface area contributed by atoms with Crippen molar-refractivity contribution >= 4 is 29.3 Å². The molecule has 2 rings (SSSR count). The molecule has 0 aliphatic rings. The van der Waals surface area contributed by atoms with Gasteiger partial charge in [0.2, 0.25) is 0 Å². The van der Waals surface area contributed by atoms with Crippen LogP contribution in [0.25, 0.3) is 0 Å². The Morgan fingerprint density at radius 2 is 1.79 bits per heavy atom. The van der Waals surface area contributed by atoms with Crippen molar-refractivity contribution in [2.24, 2.45) is 0 Å². The number of aryl methyl sites for hydroxylation is 2. The summed E-state index contributed by atoms with van der Waals surface area (Å²) in [6.45, 7) is 3.94. The highest BCUT2D eigenvalue weighted by Crippen LogP contribution is 2.18. The average Bonchev–Trinajstić information content (AvgIpc) is 2.51. The summed E-state index contributed by atoms with van der Waals surface area (Å²) >= 11 is 1.57. The molecule has 0 heterocycles. The predicted octanol–water partition coefficient (Wildman–Crippen LogP) is 4.26. The molecule has 126 valence electrons. The second-order valence-corrected chi connectivity index (χ2v) is 6.83. The van der Waals surface area contributed by atoms with Crippen molar-refractivity contribution in [2.75, 3.05) is 11.1 Å². The first-order chi connectivity index (χ1) is 11.4. The number of hydrogen-bond acceptors (Lipinski definition) is 3. The lowest BCUT2D eigenvalue weighted by Crippen LogP contribution is -2.12. The Labute approximate surface area is 146 Å². The first kappa shape index (κ1) is 18.1. The number of aliphatic carboxylic acids is 1. The molecular weight excluding hydrogens is 322 g/mol. The van der Waals surface area contributed by atoms with E-state index in [0.717, 1.165) is 28.1 Å². The number of carbonyl (C=O) groups is 2. The highest BCUT2D eigenvalue weighted by atomic mass is 32.2. The molecule has 0 bridgehead atoms. The summed E-state index contributed by atoms with van der Waals surface area (Å²) in [5.41, 5.74) is 4.57. The Morgan fingerprint density at radius 3 is 2.46 bits per heavy atom. The van der Waals surface area contributed by atoms with Crippen molar-refractivity contribution < 1.29 is 14.7 Å². The first-order valence-electron chi connectivity index (χ1n) is 7.72. The molecule has 2 N–H and O–H groups in total. The van der Waals surface area contributed by atoms with E-state index in [0.29, 0.717) is 11.3 Å². The number of nitrogens with one attached hydrogen (secondary N) is 1. The number of anilines is 1. The van der Waals surface area contributed by atoms with Gasteiger partial charge in [-0.15, -0.1) is 0 Å². The van der Waals surface area contributed by atoms with Crippen LogP contribution in [0.15, 0.2) is 42.5 Å². The SMILES string of the molecule is Cc1cc(C)cc(C(=O)Nc2cccc(CSCCC(=O)O)c2)c1. The minimum absolute atomic E-state index is 0.127. The van der Waals surface area contributed by atoms with Gasteiger partial charge in [-0.2, -0.15) is 11.8 Å². The number of carboxylic acids is 1. The van der Waals surface area contributed by atoms with Gasteiger partial charge in [0.05, 0.1) is 6.42 Å². The molecule has 0 fully saturated rings. The van der Waals surface area contributed by atoms with Crippen LogP contribution in [0.4, 0.5) is 5.69 Å². The van der Waals surface area contributed by atoms with E-state index < -0.39 is 5.97 Å². The van der Waals surface area contributed by atoms with Crippen molar-refractivity contribution in [3.05, 3.63) is 64.7 Å². The van der Waals surface area contributed by atoms with E-state index in [4.69, 9.17) is 5.11 Å². The van der Waals surface area contributed by atoms with Crippen molar-refractivity contribution in [3.8, 4) is 0 Å². The molecule has 2 aromatic rings. The van der Waals surface area contributed by atoms with Crippen LogP contribution in [0.1, 0.15) is 33.5 Å². The number of rotatable bonds is 7. The molecule has 1 amide bonds. The Kier molecular flexibility index (Phi) is 6.44. The lowest BCUT2D eigenvalue weighted by atomic mass is 10.1. The third kappa shape index (κ3) is 5.74. The Bertz CT molecular complexity index is 723. The smallest absolute Gasteiger partial charge is 0.304 e. The van der Waals surface area contributed by atoms with Crippen LogP contribution in [0, 0.1) is 13.8 Å². The standard InChI is InChI=1S/C19H21NO3S/c1-13-8-14(2)10-16(9-13)19(23)20-17-5-3-4-15(11-17)12-24-7-6-18(21)22/h3-5,8-11H,6-7,12H2,1-2H3,(H,20,23)(H,21,22). The maximum Gasteiger partial charge on any atom is 0.304 e. The molecule has 0 saturated carbocycles. The number of thioether (sulfide) groups is 1. The highest BCUT2D eigenvalue weighted by Gasteiger charge is 2.08. The zero-order chi connectivity index (χ0) is 17.5. The Morgan fingerprint density at radius 1 is 1.08 bits per heavy atom. The molecular formula is C19H21NO3S. The summed E-state index contributed by atoms with van der Waals surface area (Å²) in [6.07, 6.45) is 0.161. The zero-order valence-electron chi connectivity index (χ0n) is 13.8. The van der Waals surface area contributed by atoms with E-state index in [2.05, 4.69) is 5.32 Å². The van der Waals surface area contributed by atoms with E-state index in [1.807, 2.05) is 56.3 Å². The van der Waals surface area contributed by atoms with E-state index in [-0.39, 0.29) is 12.3 Å². The van der Waals surface area contributed by atoms with Crippen LogP contribution < -0.4 is 5.32 Å². The van der Waals surface area contributed by atoms with Crippen LogP contribution >= 0.6 is 11.8 Å². The van der Waals surface area contributed by atoms with Crippen LogP contribution in [0.3, 0.4) is 0 Å². The number of benzene rings is 2. The second kappa shape index (κ2) is 8.55. The van der Waals surface area contributed by atoms with Crippen LogP contribution in [-0.4, -0.2) is 22.7 Å². The fourth-order valence-electron chi connectivity index (χ4n) is 2.40. The molecule has 0 aromatic heterocycles. The monoisotopic (exact) mass is 343 g/mol. The molecule has 0 radical (unpaired) electrons. The van der Waals surface area contributed by atoms with Gasteiger partial charge in [0.1, 0.15) is 0 Å². The van der Waals surface area contributed by atoms with Gasteiger partial charge in [-0.25, -0.2) is 0 Å². The molecule has 0 atom stereocenters. The maximum atomic E-state index is 12.4. The third-order valence-corrected chi connectivity index (χ3v) is 4.43. The number of hydrogen-bond donors (Lipinski definition) is 2. The molecule has 0 spiro atoms. The summed E-state index contributed by atoms with van der Waals surface area (Å²) in [6, 6.07) is 13.4. The molecule has 0 unspecified atom stereocenters. The van der Waals surface area contributed by atoms with Gasteiger partial charge in [-0.05, 0) is 43.7 Å². The van der Waals surface area contributed by atoms with E-state index >= 15 is 0 Å². The summed E-state index contributed by atoms with van der Waals surface area (Å²) in [5, 5.41) is 11.6. The van der Waals surface area contributed by atoms with Gasteiger partial charge in [0.25, 0.3) is 5.91 Å². The van der Waals surface area contributed by atoms with Crippen LogP contribution in [0.2, 0.25) is 0 Å². The summed E-state index contributed by atoms with van der Waals surface area (Å²) < 4.78 is 0. The quantitative estimate of drug-likeness (QED) is 0.737. The van der Waals surface area contributed by atoms with Crippen LogP contribution in [0.5, 0.6) is 0 Å². The predicted molar refractivity (Wildman–Crippen MR) is 98.7 cm³/mol. The highest BCUT2D eigenvalue weighted by molar-refractivity contribution is 7.98. The van der Waals surface area contributed by atoms with Gasteiger partial charge in [-0.1, -0.05) is 29.3 Å². The minimum Gasteiger partial charge on any atom is -0.481 e. The molecule has 2 aromatic carbocycles. The summed E-state index contributed by atoms with van der Waals surface area (Å²) in [7, 11) is 0. The van der Waals surface area contributed by atoms with Crippen molar-refractivity contribution in [2.45, 2.75) is 26.0 Å². The van der Waals surface area contributed by atoms with Crippen molar-refractivity contribution in [3.63, 3.8) is 0 Å². The number of amides is 1. The molecule has 0 aliphatic carbocycles. The van der Waals surface area contributed by atoms with E-state index in [9.17, 15) is 9.59 Å². The molecule has 24 heavy (non-hydrogen) atoms. The lowest BCUT2D eigenvalue weighted by molar-refractivity contribution is -0.136. The Balaban J connectivity index is 1.98. The minimum atomic E-state index is -0.781. The maximum absolute atomic E-state index is 12.4. The van der Waals surface area contributed by atoms with Crippen molar-refractivity contribution in [1.29, 1.82) is 0 Å². The van der Waals surface area contributed by atoms with Gasteiger partial charge < -0.3 is 10.4 Å². The second-order valence-electron chi connectivity index (χ2n) is 5.73. The van der Waals surface area contributed by atoms with Gasteiger partial charge in [-0.3, -0.25) is 9.59 Å². The molecule has 0 saturated heterocycles. The molecule has 0 aliphatic heterocycles. The molecule has 4 nitrogen and oxygen atoms in total. The topological polar surface area (TPSA) is 66.4 Å². The number of carbonyl (C=O) groups excluding carboxylic acids is 1. The third-order valence-electron chi connectivity index (χ3n) is 3.40. The average molecular weight is 343 g/mol. The lowest BCUT2D eigenvalue weighted by Gasteiger charge is -2.09. The van der Waals surface area contributed by atoms with Crippen molar-refractivity contribution in [1.82, 2.24) is 0 Å². The zero-order valence-corrected chi connectivity index (χ0v) is 14.7. The van der Waals surface area contributed by atoms with Crippen LogP contribution in [-0.2, 0) is 10.5 Å². The summed E-state index contributed by atoms with van der Waals surface area (Å²) in [4.78, 5) is 22.9. The molecule has 5 heteroatoms. The van der Waals surface area contributed by atoms with E-state index in [1.165, 1.54) is 0 Å². The van der Waals surface area contributed by atoms with Gasteiger partial charge in [0, 0.05) is 22.8 Å². The largest absolute Gasteiger partial charge is 0.481 e. The Hall–Kier alpha value is -2.27. The summed E-state index contributed by atoms with van der Waals surface area (Å²) in [5.74, 6) is 0.393. The van der Waals surface area contributed by atoms with Gasteiger partial charge in [0.15, 0.2) is 0 Å². The first-order valence-corrected chi connectivity index (χ1v) is 8.87.